The minimum Gasteiger partial charge on any atom is -0.497 e. The van der Waals surface area contributed by atoms with Gasteiger partial charge in [0.2, 0.25) is 6.54 Å². The van der Waals surface area contributed by atoms with Crippen LogP contribution in [0.1, 0.15) is 23.6 Å². The van der Waals surface area contributed by atoms with E-state index in [0.717, 1.165) is 11.4 Å². The lowest BCUT2D eigenvalue weighted by atomic mass is 10.1. The maximum absolute atomic E-state index is 11.5. The van der Waals surface area contributed by atoms with E-state index >= 15 is 0 Å². The van der Waals surface area contributed by atoms with Gasteiger partial charge in [0, 0.05) is 10.6 Å². The number of hydrogen-bond donors (Lipinski definition) is 0. The summed E-state index contributed by atoms with van der Waals surface area (Å²) in [7, 11) is 3.15. The molecule has 32 heavy (non-hydrogen) atoms. The van der Waals surface area contributed by atoms with Gasteiger partial charge in [0.05, 0.1) is 25.3 Å². The summed E-state index contributed by atoms with van der Waals surface area (Å²) in [4.78, 5) is 11.2. The number of nitrogens with zero attached hydrogens (tertiary/aromatic N) is 4. The second-order valence-electron chi connectivity index (χ2n) is 6.65. The summed E-state index contributed by atoms with van der Waals surface area (Å²) in [6, 6.07) is 11.0. The van der Waals surface area contributed by atoms with Crippen LogP contribution < -0.4 is 14.2 Å². The molecule has 1 aromatic heterocycles. The van der Waals surface area contributed by atoms with Crippen LogP contribution >= 0.6 is 27.7 Å². The Balaban J connectivity index is 2.02. The van der Waals surface area contributed by atoms with E-state index in [-0.39, 0.29) is 11.5 Å². The minimum atomic E-state index is -0.535. The third kappa shape index (κ3) is 5.33. The maximum atomic E-state index is 11.5. The summed E-state index contributed by atoms with van der Waals surface area (Å²) >= 11 is 4.76. The van der Waals surface area contributed by atoms with Crippen molar-refractivity contribution in [3.05, 3.63) is 62.4 Å². The lowest BCUT2D eigenvalue weighted by molar-refractivity contribution is -0.479. The Hall–Kier alpha value is -2.79. The van der Waals surface area contributed by atoms with Gasteiger partial charge in [-0.25, -0.2) is 0 Å². The van der Waals surface area contributed by atoms with E-state index in [1.165, 1.54) is 11.8 Å². The quantitative estimate of drug-likeness (QED) is 0.211. The number of aromatic nitrogens is 3. The monoisotopic (exact) mass is 522 g/mol. The van der Waals surface area contributed by atoms with Gasteiger partial charge < -0.3 is 14.2 Å². The standard InChI is InChI=1S/C21H23BrN4O5S/c1-5-31-18-11-14(10-17(22)20(18)30-4)19(12-25(27)28)32-21-24-23-13(2)26(21)15-6-8-16(29-3)9-7-15/h6-11,19H,5,12H2,1-4H3/t19-/m1/s1. The number of hydrogen-bond acceptors (Lipinski definition) is 8. The molecule has 0 fully saturated rings. The highest BCUT2D eigenvalue weighted by atomic mass is 79.9. The van der Waals surface area contributed by atoms with Crippen molar-refractivity contribution in [2.75, 3.05) is 27.4 Å². The van der Waals surface area contributed by atoms with Crippen LogP contribution in [0.25, 0.3) is 5.69 Å². The van der Waals surface area contributed by atoms with Crippen LogP contribution in [-0.2, 0) is 0 Å². The number of ether oxygens (including phenoxy) is 3. The van der Waals surface area contributed by atoms with Crippen LogP contribution in [-0.4, -0.2) is 47.1 Å². The van der Waals surface area contributed by atoms with Crippen molar-refractivity contribution in [3.63, 3.8) is 0 Å². The van der Waals surface area contributed by atoms with Gasteiger partial charge in [-0.05, 0) is 71.7 Å². The molecule has 0 saturated carbocycles. The highest BCUT2D eigenvalue weighted by molar-refractivity contribution is 9.10. The molecule has 0 aliphatic rings. The summed E-state index contributed by atoms with van der Waals surface area (Å²) in [6.45, 7) is 3.83. The highest BCUT2D eigenvalue weighted by Gasteiger charge is 2.26. The predicted octanol–water partition coefficient (Wildman–Crippen LogP) is 4.86. The molecule has 1 atom stereocenters. The summed E-state index contributed by atoms with van der Waals surface area (Å²) in [6.07, 6.45) is 0. The van der Waals surface area contributed by atoms with Crippen molar-refractivity contribution >= 4 is 27.7 Å². The zero-order valence-electron chi connectivity index (χ0n) is 18.1. The van der Waals surface area contributed by atoms with Crippen LogP contribution in [0.4, 0.5) is 0 Å². The van der Waals surface area contributed by atoms with Gasteiger partial charge in [0.1, 0.15) is 16.8 Å². The van der Waals surface area contributed by atoms with Crippen LogP contribution in [0.5, 0.6) is 17.2 Å². The summed E-state index contributed by atoms with van der Waals surface area (Å²) in [5, 5.41) is 20.0. The average molecular weight is 523 g/mol. The van der Waals surface area contributed by atoms with Gasteiger partial charge in [0.25, 0.3) is 0 Å². The Morgan fingerprint density at radius 2 is 1.91 bits per heavy atom. The van der Waals surface area contributed by atoms with Crippen molar-refractivity contribution in [2.24, 2.45) is 0 Å². The van der Waals surface area contributed by atoms with Gasteiger partial charge >= 0.3 is 0 Å². The van der Waals surface area contributed by atoms with Gasteiger partial charge in [-0.3, -0.25) is 14.7 Å². The molecule has 9 nitrogen and oxygen atoms in total. The molecule has 0 bridgehead atoms. The second kappa shape index (κ2) is 10.7. The molecule has 0 unspecified atom stereocenters. The number of benzene rings is 2. The van der Waals surface area contributed by atoms with Gasteiger partial charge in [-0.1, -0.05) is 11.8 Å². The summed E-state index contributed by atoms with van der Waals surface area (Å²) < 4.78 is 18.8. The molecule has 3 aromatic rings. The first-order chi connectivity index (χ1) is 15.4. The molecular formula is C21H23BrN4O5S. The molecule has 0 aliphatic carbocycles. The van der Waals surface area contributed by atoms with Crippen LogP contribution in [0.3, 0.4) is 0 Å². The fourth-order valence-electron chi connectivity index (χ4n) is 3.16. The number of thioether (sulfide) groups is 1. The number of aryl methyl sites for hydroxylation is 1. The normalized spacial score (nSPS) is 11.8. The Bertz CT molecular complexity index is 1090. The molecule has 3 rings (SSSR count). The number of nitro groups is 1. The Morgan fingerprint density at radius 3 is 2.50 bits per heavy atom. The Kier molecular flexibility index (Phi) is 7.97. The van der Waals surface area contributed by atoms with Gasteiger partial charge in [-0.15, -0.1) is 10.2 Å². The van der Waals surface area contributed by atoms with E-state index in [2.05, 4.69) is 26.1 Å². The van der Waals surface area contributed by atoms with Crippen LogP contribution in [0.2, 0.25) is 0 Å². The minimum absolute atomic E-state index is 0.302. The second-order valence-corrected chi connectivity index (χ2v) is 8.68. The summed E-state index contributed by atoms with van der Waals surface area (Å²) in [5.41, 5.74) is 1.55. The van der Waals surface area contributed by atoms with E-state index < -0.39 is 5.25 Å². The van der Waals surface area contributed by atoms with Crippen molar-refractivity contribution < 1.29 is 19.1 Å². The first-order valence-corrected chi connectivity index (χ1v) is 11.4. The number of methoxy groups -OCH3 is 2. The molecular weight excluding hydrogens is 500 g/mol. The molecule has 0 spiro atoms. The molecule has 1 heterocycles. The van der Waals surface area contributed by atoms with Crippen LogP contribution in [0, 0.1) is 17.0 Å². The van der Waals surface area contributed by atoms with E-state index in [0.29, 0.717) is 39.1 Å². The predicted molar refractivity (Wildman–Crippen MR) is 125 cm³/mol. The fourth-order valence-corrected chi connectivity index (χ4v) is 4.93. The van der Waals surface area contributed by atoms with Crippen molar-refractivity contribution in [2.45, 2.75) is 24.3 Å². The molecule has 0 saturated heterocycles. The highest BCUT2D eigenvalue weighted by Crippen LogP contribution is 2.43. The molecule has 0 N–H and O–H groups in total. The van der Waals surface area contributed by atoms with Crippen molar-refractivity contribution in [1.29, 1.82) is 0 Å². The Morgan fingerprint density at radius 1 is 1.19 bits per heavy atom. The van der Waals surface area contributed by atoms with E-state index in [9.17, 15) is 10.1 Å². The van der Waals surface area contributed by atoms with Gasteiger partial charge in [0.15, 0.2) is 16.7 Å². The average Bonchev–Trinajstić information content (AvgIpc) is 3.13. The third-order valence-corrected chi connectivity index (χ3v) is 6.37. The Labute approximate surface area is 198 Å². The molecule has 11 heteroatoms. The lowest BCUT2D eigenvalue weighted by Gasteiger charge is -2.18. The number of halogens is 1. The molecule has 2 aromatic carbocycles. The SMILES string of the molecule is CCOc1cc([C@@H](C[N+](=O)[O-])Sc2nnc(C)n2-c2ccc(OC)cc2)cc(Br)c1OC. The smallest absolute Gasteiger partial charge is 0.220 e. The molecule has 170 valence electrons. The maximum Gasteiger partial charge on any atom is 0.220 e. The molecule has 0 amide bonds. The zero-order valence-corrected chi connectivity index (χ0v) is 20.5. The van der Waals surface area contributed by atoms with Crippen molar-refractivity contribution in [1.82, 2.24) is 14.8 Å². The zero-order chi connectivity index (χ0) is 23.3. The summed E-state index contributed by atoms with van der Waals surface area (Å²) in [5.74, 6) is 2.45. The van der Waals surface area contributed by atoms with E-state index in [1.54, 1.807) is 20.3 Å². The van der Waals surface area contributed by atoms with Crippen LogP contribution in [0.15, 0.2) is 46.0 Å². The largest absolute Gasteiger partial charge is 0.497 e. The first kappa shape index (κ1) is 23.9. The molecule has 0 aliphatic heterocycles. The fraction of sp³-hybridized carbons (Fsp3) is 0.333. The van der Waals surface area contributed by atoms with Crippen molar-refractivity contribution in [3.8, 4) is 22.9 Å². The molecule has 0 radical (unpaired) electrons. The third-order valence-electron chi connectivity index (χ3n) is 4.60. The van der Waals surface area contributed by atoms with E-state index in [1.807, 2.05) is 48.7 Å². The first-order valence-electron chi connectivity index (χ1n) is 9.73. The topological polar surface area (TPSA) is 102 Å². The lowest BCUT2D eigenvalue weighted by Crippen LogP contribution is -2.12. The van der Waals surface area contributed by atoms with E-state index in [4.69, 9.17) is 14.2 Å². The number of rotatable bonds is 10. The van der Waals surface area contributed by atoms with Gasteiger partial charge in [-0.2, -0.15) is 0 Å².